The molecule has 0 unspecified atom stereocenters. The van der Waals surface area contributed by atoms with Crippen LogP contribution in [-0.4, -0.2) is 17.3 Å². The summed E-state index contributed by atoms with van der Waals surface area (Å²) in [5, 5.41) is 0.498. The minimum absolute atomic E-state index is 0.236. The van der Waals surface area contributed by atoms with Crippen molar-refractivity contribution in [1.29, 1.82) is 0 Å². The number of primary amides is 1. The maximum absolute atomic E-state index is 12.3. The van der Waals surface area contributed by atoms with Crippen LogP contribution in [0.4, 0.5) is 13.2 Å². The summed E-state index contributed by atoms with van der Waals surface area (Å²) in [6.45, 7) is 1.70. The first-order chi connectivity index (χ1) is 8.81. The first-order valence-electron chi connectivity index (χ1n) is 5.52. The number of hydrogen-bond donors (Lipinski definition) is 2. The number of hydrogen-bond acceptors (Lipinski definition) is 2. The molecule has 0 aliphatic carbocycles. The summed E-state index contributed by atoms with van der Waals surface area (Å²) in [7, 11) is 0. The maximum atomic E-state index is 12.3. The van der Waals surface area contributed by atoms with Gasteiger partial charge in [0, 0.05) is 22.0 Å². The first kappa shape index (κ1) is 13.3. The molecule has 1 amide bonds. The third-order valence-corrected chi connectivity index (χ3v) is 2.72. The van der Waals surface area contributed by atoms with Gasteiger partial charge in [-0.3, -0.25) is 4.79 Å². The van der Waals surface area contributed by atoms with E-state index in [1.165, 1.54) is 18.2 Å². The monoisotopic (exact) mass is 272 g/mol. The van der Waals surface area contributed by atoms with Gasteiger partial charge in [-0.05, 0) is 24.6 Å². The van der Waals surface area contributed by atoms with E-state index in [1.54, 1.807) is 6.92 Å². The minimum atomic E-state index is -4.77. The lowest BCUT2D eigenvalue weighted by Crippen LogP contribution is -2.18. The Balaban J connectivity index is 2.58. The zero-order valence-electron chi connectivity index (χ0n) is 9.97. The number of fused-ring (bicyclic) bond motifs is 1. The average Bonchev–Trinajstić information content (AvgIpc) is 2.62. The highest BCUT2D eigenvalue weighted by Gasteiger charge is 2.33. The van der Waals surface area contributed by atoms with Gasteiger partial charge in [-0.2, -0.15) is 0 Å². The number of halogens is 3. The van der Waals surface area contributed by atoms with Crippen molar-refractivity contribution in [2.24, 2.45) is 5.73 Å². The van der Waals surface area contributed by atoms with Gasteiger partial charge in [0.25, 0.3) is 0 Å². The molecule has 1 aromatic heterocycles. The number of aryl methyl sites for hydroxylation is 1. The second kappa shape index (κ2) is 4.49. The highest BCUT2D eigenvalue weighted by Crippen LogP contribution is 2.32. The van der Waals surface area contributed by atoms with Crippen molar-refractivity contribution in [3.63, 3.8) is 0 Å². The molecule has 0 bridgehead atoms. The SMILES string of the molecule is CCc1c(OC(F)(F)F)[nH]c2ccc(C(N)=O)cc12. The van der Waals surface area contributed by atoms with Crippen LogP contribution >= 0.6 is 0 Å². The van der Waals surface area contributed by atoms with Crippen LogP contribution in [0.3, 0.4) is 0 Å². The van der Waals surface area contributed by atoms with Crippen molar-refractivity contribution >= 4 is 16.8 Å². The number of nitrogens with one attached hydrogen (secondary N) is 1. The van der Waals surface area contributed by atoms with Crippen molar-refractivity contribution in [3.8, 4) is 5.88 Å². The molecule has 1 heterocycles. The lowest BCUT2D eigenvalue weighted by molar-refractivity contribution is -0.276. The summed E-state index contributed by atoms with van der Waals surface area (Å²) >= 11 is 0. The fraction of sp³-hybridized carbons (Fsp3) is 0.250. The number of H-pyrrole nitrogens is 1. The Morgan fingerprint density at radius 1 is 1.42 bits per heavy atom. The van der Waals surface area contributed by atoms with Gasteiger partial charge >= 0.3 is 6.36 Å². The lowest BCUT2D eigenvalue weighted by Gasteiger charge is -2.08. The van der Waals surface area contributed by atoms with E-state index >= 15 is 0 Å². The predicted octanol–water partition coefficient (Wildman–Crippen LogP) is 2.73. The van der Waals surface area contributed by atoms with Crippen LogP contribution in [0.1, 0.15) is 22.8 Å². The normalized spacial score (nSPS) is 11.8. The van der Waals surface area contributed by atoms with Gasteiger partial charge in [0.15, 0.2) is 0 Å². The highest BCUT2D eigenvalue weighted by atomic mass is 19.4. The Labute approximate surface area is 106 Å². The molecule has 2 rings (SSSR count). The van der Waals surface area contributed by atoms with Crippen molar-refractivity contribution in [3.05, 3.63) is 29.3 Å². The maximum Gasteiger partial charge on any atom is 0.574 e. The largest absolute Gasteiger partial charge is 0.574 e. The zero-order chi connectivity index (χ0) is 14.2. The summed E-state index contributed by atoms with van der Waals surface area (Å²) in [6.07, 6.45) is -4.44. The molecular formula is C12H11F3N2O2. The van der Waals surface area contributed by atoms with E-state index in [1.807, 2.05) is 0 Å². The van der Waals surface area contributed by atoms with Crippen molar-refractivity contribution in [2.45, 2.75) is 19.7 Å². The number of alkyl halides is 3. The quantitative estimate of drug-likeness (QED) is 0.902. The number of carbonyl (C=O) groups is 1. The Bertz CT molecular complexity index is 632. The Morgan fingerprint density at radius 3 is 2.63 bits per heavy atom. The number of carbonyl (C=O) groups excluding carboxylic acids is 1. The smallest absolute Gasteiger partial charge is 0.390 e. The van der Waals surface area contributed by atoms with Crippen LogP contribution in [0, 0.1) is 0 Å². The molecule has 2 aromatic rings. The Morgan fingerprint density at radius 2 is 2.11 bits per heavy atom. The number of rotatable bonds is 3. The van der Waals surface area contributed by atoms with Gasteiger partial charge in [0.1, 0.15) is 0 Å². The van der Waals surface area contributed by atoms with E-state index < -0.39 is 12.3 Å². The zero-order valence-corrected chi connectivity index (χ0v) is 9.97. The summed E-state index contributed by atoms with van der Waals surface area (Å²) < 4.78 is 40.8. The van der Waals surface area contributed by atoms with Crippen molar-refractivity contribution in [1.82, 2.24) is 4.98 Å². The molecule has 3 N–H and O–H groups in total. The third kappa shape index (κ3) is 2.64. The second-order valence-electron chi connectivity index (χ2n) is 3.96. The van der Waals surface area contributed by atoms with Gasteiger partial charge in [0.05, 0.1) is 0 Å². The third-order valence-electron chi connectivity index (χ3n) is 2.72. The van der Waals surface area contributed by atoms with E-state index in [0.717, 1.165) is 0 Å². The predicted molar refractivity (Wildman–Crippen MR) is 62.9 cm³/mol. The van der Waals surface area contributed by atoms with Gasteiger partial charge in [-0.15, -0.1) is 13.2 Å². The van der Waals surface area contributed by atoms with E-state index in [-0.39, 0.29) is 11.4 Å². The highest BCUT2D eigenvalue weighted by molar-refractivity contribution is 5.98. The van der Waals surface area contributed by atoms with Crippen LogP contribution in [0.5, 0.6) is 5.88 Å². The topological polar surface area (TPSA) is 68.1 Å². The van der Waals surface area contributed by atoms with Crippen LogP contribution < -0.4 is 10.5 Å². The summed E-state index contributed by atoms with van der Waals surface area (Å²) in [4.78, 5) is 13.6. The average molecular weight is 272 g/mol. The van der Waals surface area contributed by atoms with Gasteiger partial charge in [0.2, 0.25) is 11.8 Å². The summed E-state index contributed by atoms with van der Waals surface area (Å²) in [5.74, 6) is -0.991. The fourth-order valence-corrected chi connectivity index (χ4v) is 1.93. The molecular weight excluding hydrogens is 261 g/mol. The molecule has 4 nitrogen and oxygen atoms in total. The number of aromatic amines is 1. The van der Waals surface area contributed by atoms with E-state index in [2.05, 4.69) is 9.72 Å². The van der Waals surface area contributed by atoms with E-state index in [4.69, 9.17) is 5.73 Å². The molecule has 0 aliphatic rings. The van der Waals surface area contributed by atoms with Crippen LogP contribution in [-0.2, 0) is 6.42 Å². The van der Waals surface area contributed by atoms with Crippen LogP contribution in [0.25, 0.3) is 10.9 Å². The number of aromatic nitrogens is 1. The van der Waals surface area contributed by atoms with Gasteiger partial charge in [-0.25, -0.2) is 0 Å². The molecule has 0 saturated heterocycles. The number of benzene rings is 1. The molecule has 1 aromatic carbocycles. The molecule has 7 heteroatoms. The van der Waals surface area contributed by atoms with Crippen LogP contribution in [0.15, 0.2) is 18.2 Å². The molecule has 0 aliphatic heterocycles. The molecule has 0 atom stereocenters. The molecule has 0 radical (unpaired) electrons. The standard InChI is InChI=1S/C12H11F3N2O2/c1-2-7-8-5-6(10(16)18)3-4-9(8)17-11(7)19-12(13,14)15/h3-5,17H,2H2,1H3,(H2,16,18). The Hall–Kier alpha value is -2.18. The molecule has 0 saturated carbocycles. The second-order valence-corrected chi connectivity index (χ2v) is 3.96. The molecule has 0 fully saturated rings. The lowest BCUT2D eigenvalue weighted by atomic mass is 10.1. The van der Waals surface area contributed by atoms with Crippen molar-refractivity contribution in [2.75, 3.05) is 0 Å². The van der Waals surface area contributed by atoms with Crippen LogP contribution in [0.2, 0.25) is 0 Å². The number of ether oxygens (including phenoxy) is 1. The Kier molecular flexibility index (Phi) is 3.13. The van der Waals surface area contributed by atoms with Gasteiger partial charge in [-0.1, -0.05) is 6.92 Å². The minimum Gasteiger partial charge on any atom is -0.390 e. The van der Waals surface area contributed by atoms with E-state index in [0.29, 0.717) is 22.9 Å². The molecule has 19 heavy (non-hydrogen) atoms. The summed E-state index contributed by atoms with van der Waals surface area (Å²) in [5.41, 5.74) is 6.20. The summed E-state index contributed by atoms with van der Waals surface area (Å²) in [6, 6.07) is 4.39. The van der Waals surface area contributed by atoms with E-state index in [9.17, 15) is 18.0 Å². The molecule has 102 valence electrons. The first-order valence-corrected chi connectivity index (χ1v) is 5.52. The number of nitrogens with two attached hydrogens (primary N) is 1. The van der Waals surface area contributed by atoms with Crippen molar-refractivity contribution < 1.29 is 22.7 Å². The van der Waals surface area contributed by atoms with Gasteiger partial charge < -0.3 is 15.5 Å². The molecule has 0 spiro atoms. The fourth-order valence-electron chi connectivity index (χ4n) is 1.93. The number of amides is 1.